The summed E-state index contributed by atoms with van der Waals surface area (Å²) in [6.07, 6.45) is 2.45. The molecule has 2 rings (SSSR count). The van der Waals surface area contributed by atoms with Crippen LogP contribution in [-0.2, 0) is 16.0 Å². The Kier molecular flexibility index (Phi) is 2.54. The van der Waals surface area contributed by atoms with Crippen LogP contribution in [0.2, 0.25) is 0 Å². The number of carbonyl (C=O) groups excluding carboxylic acids is 2. The van der Waals surface area contributed by atoms with E-state index in [1.807, 2.05) is 12.1 Å². The fourth-order valence-electron chi connectivity index (χ4n) is 2.10. The minimum Gasteiger partial charge on any atom is -0.469 e. The number of benzene rings is 1. The Morgan fingerprint density at radius 2 is 2.33 bits per heavy atom. The predicted molar refractivity (Wildman–Crippen MR) is 54.9 cm³/mol. The number of carbonyl (C=O) groups is 2. The van der Waals surface area contributed by atoms with Crippen LogP contribution in [0, 0.1) is 0 Å². The van der Waals surface area contributed by atoms with Crippen molar-refractivity contribution in [3.8, 4) is 0 Å². The van der Waals surface area contributed by atoms with Crippen molar-refractivity contribution in [3.63, 3.8) is 0 Å². The topological polar surface area (TPSA) is 43.4 Å². The van der Waals surface area contributed by atoms with Gasteiger partial charge in [-0.25, -0.2) is 0 Å². The molecule has 0 fully saturated rings. The standard InChI is InChI=1S/C12H12O3/c1-15-12(14)11-5-3-9-6-8(7-13)2-4-10(9)11/h2,4,6-7,11H,3,5H2,1H3. The van der Waals surface area contributed by atoms with Gasteiger partial charge in [0.1, 0.15) is 6.29 Å². The molecule has 1 aromatic carbocycles. The zero-order valence-electron chi connectivity index (χ0n) is 8.53. The van der Waals surface area contributed by atoms with Crippen LogP contribution < -0.4 is 0 Å². The highest BCUT2D eigenvalue weighted by Gasteiger charge is 2.29. The van der Waals surface area contributed by atoms with Gasteiger partial charge in [0.15, 0.2) is 0 Å². The second-order valence-corrected chi connectivity index (χ2v) is 3.69. The Hall–Kier alpha value is -1.64. The summed E-state index contributed by atoms with van der Waals surface area (Å²) in [5.74, 6) is -0.335. The summed E-state index contributed by atoms with van der Waals surface area (Å²) in [6, 6.07) is 5.45. The summed E-state index contributed by atoms with van der Waals surface area (Å²) >= 11 is 0. The Morgan fingerprint density at radius 3 is 3.00 bits per heavy atom. The van der Waals surface area contributed by atoms with Gasteiger partial charge in [0, 0.05) is 5.56 Å². The zero-order valence-corrected chi connectivity index (χ0v) is 8.53. The average Bonchev–Trinajstić information content (AvgIpc) is 2.70. The number of aryl methyl sites for hydroxylation is 1. The van der Waals surface area contributed by atoms with Gasteiger partial charge in [-0.3, -0.25) is 9.59 Å². The second-order valence-electron chi connectivity index (χ2n) is 3.69. The smallest absolute Gasteiger partial charge is 0.313 e. The van der Waals surface area contributed by atoms with E-state index in [9.17, 15) is 9.59 Å². The van der Waals surface area contributed by atoms with Crippen LogP contribution in [0.1, 0.15) is 33.8 Å². The lowest BCUT2D eigenvalue weighted by Crippen LogP contribution is -2.11. The van der Waals surface area contributed by atoms with E-state index in [1.54, 1.807) is 6.07 Å². The normalized spacial score (nSPS) is 18.3. The van der Waals surface area contributed by atoms with E-state index < -0.39 is 0 Å². The SMILES string of the molecule is COC(=O)C1CCc2cc(C=O)ccc21. The molecule has 0 radical (unpaired) electrons. The van der Waals surface area contributed by atoms with Crippen molar-refractivity contribution >= 4 is 12.3 Å². The van der Waals surface area contributed by atoms with Crippen LogP contribution in [0.4, 0.5) is 0 Å². The molecule has 0 aromatic heterocycles. The summed E-state index contributed by atoms with van der Waals surface area (Å²) in [4.78, 5) is 22.0. The summed E-state index contributed by atoms with van der Waals surface area (Å²) < 4.78 is 4.74. The molecule has 1 aliphatic carbocycles. The summed E-state index contributed by atoms with van der Waals surface area (Å²) in [5.41, 5.74) is 2.77. The largest absolute Gasteiger partial charge is 0.469 e. The molecule has 0 aliphatic heterocycles. The Balaban J connectivity index is 2.36. The summed E-state index contributed by atoms with van der Waals surface area (Å²) in [7, 11) is 1.40. The van der Waals surface area contributed by atoms with E-state index in [-0.39, 0.29) is 11.9 Å². The fourth-order valence-corrected chi connectivity index (χ4v) is 2.10. The van der Waals surface area contributed by atoms with Crippen molar-refractivity contribution in [2.75, 3.05) is 7.11 Å². The number of aldehydes is 1. The zero-order chi connectivity index (χ0) is 10.8. The van der Waals surface area contributed by atoms with Crippen molar-refractivity contribution < 1.29 is 14.3 Å². The average molecular weight is 204 g/mol. The molecule has 3 nitrogen and oxygen atoms in total. The monoisotopic (exact) mass is 204 g/mol. The van der Waals surface area contributed by atoms with E-state index in [0.717, 1.165) is 30.3 Å². The molecule has 0 heterocycles. The Labute approximate surface area is 88.1 Å². The molecule has 0 amide bonds. The van der Waals surface area contributed by atoms with Crippen molar-refractivity contribution in [2.45, 2.75) is 18.8 Å². The maximum Gasteiger partial charge on any atom is 0.313 e. The highest BCUT2D eigenvalue weighted by molar-refractivity contribution is 5.81. The van der Waals surface area contributed by atoms with Gasteiger partial charge >= 0.3 is 5.97 Å². The maximum atomic E-state index is 11.4. The lowest BCUT2D eigenvalue weighted by Gasteiger charge is -2.08. The molecule has 1 aliphatic rings. The van der Waals surface area contributed by atoms with Gasteiger partial charge in [-0.1, -0.05) is 12.1 Å². The highest BCUT2D eigenvalue weighted by atomic mass is 16.5. The number of hydrogen-bond donors (Lipinski definition) is 0. The van der Waals surface area contributed by atoms with E-state index in [0.29, 0.717) is 5.56 Å². The number of ether oxygens (including phenoxy) is 1. The molecular formula is C12H12O3. The molecular weight excluding hydrogens is 192 g/mol. The Bertz CT molecular complexity index is 409. The van der Waals surface area contributed by atoms with Gasteiger partial charge in [0.2, 0.25) is 0 Å². The molecule has 0 saturated carbocycles. The summed E-state index contributed by atoms with van der Waals surface area (Å²) in [6.45, 7) is 0. The van der Waals surface area contributed by atoms with Crippen LogP contribution in [0.5, 0.6) is 0 Å². The molecule has 1 atom stereocenters. The van der Waals surface area contributed by atoms with Crippen LogP contribution in [0.3, 0.4) is 0 Å². The number of hydrogen-bond acceptors (Lipinski definition) is 3. The first-order valence-corrected chi connectivity index (χ1v) is 4.92. The molecule has 15 heavy (non-hydrogen) atoms. The molecule has 0 bridgehead atoms. The van der Waals surface area contributed by atoms with Gasteiger partial charge in [-0.05, 0) is 30.0 Å². The van der Waals surface area contributed by atoms with E-state index >= 15 is 0 Å². The van der Waals surface area contributed by atoms with Crippen LogP contribution in [-0.4, -0.2) is 19.4 Å². The van der Waals surface area contributed by atoms with E-state index in [1.165, 1.54) is 7.11 Å². The third-order valence-corrected chi connectivity index (χ3v) is 2.87. The molecule has 1 aromatic rings. The maximum absolute atomic E-state index is 11.4. The third kappa shape index (κ3) is 1.65. The van der Waals surface area contributed by atoms with Gasteiger partial charge in [-0.2, -0.15) is 0 Å². The first-order chi connectivity index (χ1) is 7.26. The number of methoxy groups -OCH3 is 1. The van der Waals surface area contributed by atoms with Crippen LogP contribution >= 0.6 is 0 Å². The molecule has 1 unspecified atom stereocenters. The quantitative estimate of drug-likeness (QED) is 0.544. The van der Waals surface area contributed by atoms with Gasteiger partial charge < -0.3 is 4.74 Å². The van der Waals surface area contributed by atoms with Crippen molar-refractivity contribution in [2.24, 2.45) is 0 Å². The van der Waals surface area contributed by atoms with Crippen molar-refractivity contribution in [1.29, 1.82) is 0 Å². The third-order valence-electron chi connectivity index (χ3n) is 2.87. The number of rotatable bonds is 2. The predicted octanol–water partition coefficient (Wildman–Crippen LogP) is 1.70. The van der Waals surface area contributed by atoms with Crippen molar-refractivity contribution in [1.82, 2.24) is 0 Å². The van der Waals surface area contributed by atoms with Gasteiger partial charge in [-0.15, -0.1) is 0 Å². The summed E-state index contributed by atoms with van der Waals surface area (Å²) in [5, 5.41) is 0. The van der Waals surface area contributed by atoms with Crippen molar-refractivity contribution in [3.05, 3.63) is 34.9 Å². The van der Waals surface area contributed by atoms with Crippen LogP contribution in [0.15, 0.2) is 18.2 Å². The fraction of sp³-hybridized carbons (Fsp3) is 0.333. The second kappa shape index (κ2) is 3.85. The van der Waals surface area contributed by atoms with Gasteiger partial charge in [0.05, 0.1) is 13.0 Å². The molecule has 0 N–H and O–H groups in total. The minimum absolute atomic E-state index is 0.147. The van der Waals surface area contributed by atoms with Crippen LogP contribution in [0.25, 0.3) is 0 Å². The lowest BCUT2D eigenvalue weighted by molar-refractivity contribution is -0.142. The number of esters is 1. The lowest BCUT2D eigenvalue weighted by atomic mass is 10.0. The number of fused-ring (bicyclic) bond motifs is 1. The van der Waals surface area contributed by atoms with Gasteiger partial charge in [0.25, 0.3) is 0 Å². The Morgan fingerprint density at radius 1 is 1.53 bits per heavy atom. The van der Waals surface area contributed by atoms with E-state index in [4.69, 9.17) is 4.74 Å². The highest BCUT2D eigenvalue weighted by Crippen LogP contribution is 2.34. The first-order valence-electron chi connectivity index (χ1n) is 4.92. The first kappa shape index (κ1) is 9.90. The molecule has 3 heteroatoms. The molecule has 0 saturated heterocycles. The molecule has 78 valence electrons. The molecule has 0 spiro atoms. The van der Waals surface area contributed by atoms with E-state index in [2.05, 4.69) is 0 Å². The minimum atomic E-state index is -0.187.